The van der Waals surface area contributed by atoms with Crippen molar-refractivity contribution in [2.75, 3.05) is 13.1 Å². The summed E-state index contributed by atoms with van der Waals surface area (Å²) in [6.07, 6.45) is 1.80. The smallest absolute Gasteiger partial charge is 0.251 e. The van der Waals surface area contributed by atoms with E-state index in [0.29, 0.717) is 18.7 Å². The molecule has 26 heavy (non-hydrogen) atoms. The van der Waals surface area contributed by atoms with Crippen molar-refractivity contribution in [1.29, 1.82) is 0 Å². The molecule has 0 aliphatic carbocycles. The molecule has 1 N–H and O–H groups in total. The average molecular weight is 372 g/mol. The van der Waals surface area contributed by atoms with Gasteiger partial charge in [-0.1, -0.05) is 29.8 Å². The number of carbonyl (C=O) groups excluding carboxylic acids is 1. The summed E-state index contributed by atoms with van der Waals surface area (Å²) in [6.45, 7) is 5.08. The van der Waals surface area contributed by atoms with E-state index in [0.717, 1.165) is 18.4 Å². The molecule has 0 bridgehead atoms. The molecule has 1 fully saturated rings. The molecule has 1 unspecified atom stereocenters. The van der Waals surface area contributed by atoms with Crippen molar-refractivity contribution in [2.24, 2.45) is 0 Å². The Labute approximate surface area is 155 Å². The Bertz CT molecular complexity index is 868. The quantitative estimate of drug-likeness (QED) is 0.876. The topological polar surface area (TPSA) is 66.5 Å². The van der Waals surface area contributed by atoms with Gasteiger partial charge >= 0.3 is 0 Å². The summed E-state index contributed by atoms with van der Waals surface area (Å²) in [5.41, 5.74) is 2.64. The molecule has 1 aliphatic heterocycles. The van der Waals surface area contributed by atoms with Gasteiger partial charge in [-0.05, 0) is 56.5 Å². The number of rotatable bonds is 5. The molecule has 1 atom stereocenters. The van der Waals surface area contributed by atoms with Gasteiger partial charge in [0.25, 0.3) is 5.91 Å². The Balaban J connectivity index is 1.69. The minimum Gasteiger partial charge on any atom is -0.346 e. The summed E-state index contributed by atoms with van der Waals surface area (Å²) in [7, 11) is -3.45. The van der Waals surface area contributed by atoms with Gasteiger partial charge in [-0.25, -0.2) is 8.42 Å². The maximum Gasteiger partial charge on any atom is 0.251 e. The maximum absolute atomic E-state index is 12.5. The van der Waals surface area contributed by atoms with E-state index in [-0.39, 0.29) is 16.8 Å². The van der Waals surface area contributed by atoms with Crippen LogP contribution in [-0.2, 0) is 10.0 Å². The lowest BCUT2D eigenvalue weighted by atomic mass is 10.1. The number of amides is 1. The number of benzene rings is 2. The standard InChI is InChI=1S/C20H24N2O3S/c1-15-5-7-17(8-6-15)16(2)21-20(23)18-9-11-19(12-10-18)26(24,25)22-13-3-4-14-22/h5-12,16H,3-4,13-14H2,1-2H3,(H,21,23). The zero-order valence-electron chi connectivity index (χ0n) is 15.1. The summed E-state index contributed by atoms with van der Waals surface area (Å²) in [6, 6.07) is 14.0. The lowest BCUT2D eigenvalue weighted by Gasteiger charge is -2.16. The van der Waals surface area contributed by atoms with Gasteiger partial charge in [0.15, 0.2) is 0 Å². The molecule has 5 nitrogen and oxygen atoms in total. The highest BCUT2D eigenvalue weighted by Crippen LogP contribution is 2.21. The van der Waals surface area contributed by atoms with Gasteiger partial charge in [-0.3, -0.25) is 4.79 Å². The third kappa shape index (κ3) is 3.97. The van der Waals surface area contributed by atoms with Gasteiger partial charge in [0.1, 0.15) is 0 Å². The number of sulfonamides is 1. The zero-order chi connectivity index (χ0) is 18.7. The van der Waals surface area contributed by atoms with Crippen LogP contribution >= 0.6 is 0 Å². The molecule has 2 aromatic rings. The van der Waals surface area contributed by atoms with E-state index in [4.69, 9.17) is 0 Å². The van der Waals surface area contributed by atoms with Crippen LogP contribution < -0.4 is 5.32 Å². The molecule has 0 radical (unpaired) electrons. The van der Waals surface area contributed by atoms with Crippen molar-refractivity contribution in [2.45, 2.75) is 37.6 Å². The summed E-state index contributed by atoms with van der Waals surface area (Å²) in [4.78, 5) is 12.7. The van der Waals surface area contributed by atoms with E-state index in [1.807, 2.05) is 38.1 Å². The van der Waals surface area contributed by atoms with E-state index in [1.54, 1.807) is 12.1 Å². The molecule has 3 rings (SSSR count). The lowest BCUT2D eigenvalue weighted by Crippen LogP contribution is -2.28. The molecule has 1 amide bonds. The van der Waals surface area contributed by atoms with Gasteiger partial charge in [0, 0.05) is 18.7 Å². The molecule has 6 heteroatoms. The number of aryl methyl sites for hydroxylation is 1. The third-order valence-corrected chi connectivity index (χ3v) is 6.66. The van der Waals surface area contributed by atoms with Crippen molar-refractivity contribution >= 4 is 15.9 Å². The molecule has 2 aromatic carbocycles. The Morgan fingerprint density at radius 3 is 2.15 bits per heavy atom. The van der Waals surface area contributed by atoms with Crippen LogP contribution in [0.2, 0.25) is 0 Å². The maximum atomic E-state index is 12.5. The first-order valence-electron chi connectivity index (χ1n) is 8.85. The highest BCUT2D eigenvalue weighted by molar-refractivity contribution is 7.89. The number of hydrogen-bond donors (Lipinski definition) is 1. The van der Waals surface area contributed by atoms with E-state index in [1.165, 1.54) is 22.0 Å². The molecule has 1 saturated heterocycles. The molecule has 0 spiro atoms. The van der Waals surface area contributed by atoms with Gasteiger partial charge < -0.3 is 5.32 Å². The van der Waals surface area contributed by atoms with Crippen molar-refractivity contribution in [1.82, 2.24) is 9.62 Å². The number of nitrogens with zero attached hydrogens (tertiary/aromatic N) is 1. The van der Waals surface area contributed by atoms with Gasteiger partial charge in [0.2, 0.25) is 10.0 Å². The van der Waals surface area contributed by atoms with Crippen LogP contribution in [-0.4, -0.2) is 31.7 Å². The minimum absolute atomic E-state index is 0.129. The zero-order valence-corrected chi connectivity index (χ0v) is 15.9. The first-order valence-corrected chi connectivity index (χ1v) is 10.3. The van der Waals surface area contributed by atoms with Crippen molar-refractivity contribution in [3.8, 4) is 0 Å². The van der Waals surface area contributed by atoms with Crippen LogP contribution in [0.15, 0.2) is 53.4 Å². The Morgan fingerprint density at radius 2 is 1.58 bits per heavy atom. The molecule has 1 heterocycles. The second-order valence-corrected chi connectivity index (χ2v) is 8.68. The van der Waals surface area contributed by atoms with Crippen LogP contribution in [0, 0.1) is 6.92 Å². The molecular formula is C20H24N2O3S. The Hall–Kier alpha value is -2.18. The molecule has 0 saturated carbocycles. The largest absolute Gasteiger partial charge is 0.346 e. The molecular weight excluding hydrogens is 348 g/mol. The van der Waals surface area contributed by atoms with Crippen LogP contribution in [0.25, 0.3) is 0 Å². The third-order valence-electron chi connectivity index (χ3n) is 4.74. The lowest BCUT2D eigenvalue weighted by molar-refractivity contribution is 0.0940. The summed E-state index contributed by atoms with van der Waals surface area (Å²) < 4.78 is 26.6. The average Bonchev–Trinajstić information content (AvgIpc) is 3.18. The second-order valence-electron chi connectivity index (χ2n) is 6.74. The van der Waals surface area contributed by atoms with Gasteiger partial charge in [-0.2, -0.15) is 4.31 Å². The fourth-order valence-corrected chi connectivity index (χ4v) is 4.59. The number of hydrogen-bond acceptors (Lipinski definition) is 3. The van der Waals surface area contributed by atoms with Crippen LogP contribution in [0.1, 0.15) is 47.3 Å². The van der Waals surface area contributed by atoms with Gasteiger partial charge in [0.05, 0.1) is 10.9 Å². The highest BCUT2D eigenvalue weighted by atomic mass is 32.2. The summed E-state index contributed by atoms with van der Waals surface area (Å²) in [5, 5.41) is 2.95. The second kappa shape index (κ2) is 7.60. The summed E-state index contributed by atoms with van der Waals surface area (Å²) >= 11 is 0. The number of nitrogens with one attached hydrogen (secondary N) is 1. The molecule has 0 aromatic heterocycles. The fourth-order valence-electron chi connectivity index (χ4n) is 3.07. The SMILES string of the molecule is Cc1ccc(C(C)NC(=O)c2ccc(S(=O)(=O)N3CCCC3)cc2)cc1. The summed E-state index contributed by atoms with van der Waals surface area (Å²) in [5.74, 6) is -0.219. The first kappa shape index (κ1) is 18.6. The highest BCUT2D eigenvalue weighted by Gasteiger charge is 2.27. The number of carbonyl (C=O) groups is 1. The normalized spacial score (nSPS) is 16.4. The van der Waals surface area contributed by atoms with Crippen LogP contribution in [0.5, 0.6) is 0 Å². The first-order chi connectivity index (χ1) is 12.4. The van der Waals surface area contributed by atoms with Crippen LogP contribution in [0.4, 0.5) is 0 Å². The Morgan fingerprint density at radius 1 is 1.00 bits per heavy atom. The van der Waals surface area contributed by atoms with E-state index >= 15 is 0 Å². The molecule has 138 valence electrons. The van der Waals surface area contributed by atoms with Crippen LogP contribution in [0.3, 0.4) is 0 Å². The minimum atomic E-state index is -3.45. The van der Waals surface area contributed by atoms with Gasteiger partial charge in [-0.15, -0.1) is 0 Å². The van der Waals surface area contributed by atoms with E-state index in [2.05, 4.69) is 5.32 Å². The van der Waals surface area contributed by atoms with Crippen molar-refractivity contribution in [3.63, 3.8) is 0 Å². The van der Waals surface area contributed by atoms with E-state index in [9.17, 15) is 13.2 Å². The fraction of sp³-hybridized carbons (Fsp3) is 0.350. The predicted molar refractivity (Wildman–Crippen MR) is 101 cm³/mol. The Kier molecular flexibility index (Phi) is 5.44. The molecule has 1 aliphatic rings. The monoisotopic (exact) mass is 372 g/mol. The van der Waals surface area contributed by atoms with E-state index < -0.39 is 10.0 Å². The van der Waals surface area contributed by atoms with Crippen molar-refractivity contribution in [3.05, 3.63) is 65.2 Å². The van der Waals surface area contributed by atoms with Crippen molar-refractivity contribution < 1.29 is 13.2 Å². The predicted octanol–water partition coefficient (Wildman–Crippen LogP) is 3.27.